The van der Waals surface area contributed by atoms with Crippen LogP contribution in [0.25, 0.3) is 0 Å². The Morgan fingerprint density at radius 1 is 1.48 bits per heavy atom. The second-order valence-corrected chi connectivity index (χ2v) is 16.2. The van der Waals surface area contributed by atoms with Gasteiger partial charge in [0.2, 0.25) is 0 Å². The number of hydrogen-bond acceptors (Lipinski definition) is 6. The van der Waals surface area contributed by atoms with Crippen molar-refractivity contribution in [2.45, 2.75) is 89.0 Å². The van der Waals surface area contributed by atoms with Crippen LogP contribution in [0, 0.1) is 12.8 Å². The van der Waals surface area contributed by atoms with Crippen molar-refractivity contribution >= 4 is 28.8 Å². The van der Waals surface area contributed by atoms with E-state index in [1.165, 1.54) is 10.1 Å². The van der Waals surface area contributed by atoms with E-state index in [2.05, 4.69) is 37.4 Å². The first-order valence-electron chi connectivity index (χ1n) is 10.9. The zero-order valence-electron chi connectivity index (χ0n) is 18.6. The van der Waals surface area contributed by atoms with Gasteiger partial charge in [-0.3, -0.25) is 19.4 Å². The van der Waals surface area contributed by atoms with Gasteiger partial charge in [-0.2, -0.15) is 0 Å². The van der Waals surface area contributed by atoms with E-state index in [-0.39, 0.29) is 28.6 Å². The van der Waals surface area contributed by atoms with Crippen molar-refractivity contribution in [2.75, 3.05) is 0 Å². The largest absolute Gasteiger partial charge is 0.353 e. The lowest BCUT2D eigenvalue weighted by Gasteiger charge is -2.37. The molecule has 3 aliphatic rings. The molecule has 2 N–H and O–H groups in total. The molecule has 1 saturated carbocycles. The molecular weight excluding hydrogens is 453 g/mol. The first kappa shape index (κ1) is 23.5. The number of aromatic nitrogens is 2. The molecule has 2 saturated heterocycles. The maximum atomic E-state index is 12.3. The number of fused-ring (bicyclic) bond motifs is 1. The Labute approximate surface area is 192 Å². The van der Waals surface area contributed by atoms with Crippen LogP contribution in [0.2, 0.25) is 0 Å². The van der Waals surface area contributed by atoms with Gasteiger partial charge in [-0.15, -0.1) is 0 Å². The second kappa shape index (κ2) is 8.58. The summed E-state index contributed by atoms with van der Waals surface area (Å²) in [7, 11) is 0. The number of hydrogen-bond donors (Lipinski definition) is 2. The summed E-state index contributed by atoms with van der Waals surface area (Å²) in [5, 5.41) is 3.66. The lowest BCUT2D eigenvalue weighted by Crippen LogP contribution is -2.39. The highest BCUT2D eigenvalue weighted by Crippen LogP contribution is 2.73. The highest BCUT2D eigenvalue weighted by Gasteiger charge is 2.53. The molecule has 1 unspecified atom stereocenters. The van der Waals surface area contributed by atoms with E-state index in [0.717, 1.165) is 25.7 Å². The summed E-state index contributed by atoms with van der Waals surface area (Å²) in [5.74, 6) is 0.498. The lowest BCUT2D eigenvalue weighted by atomic mass is 9.77. The van der Waals surface area contributed by atoms with Crippen LogP contribution in [0.15, 0.2) is 27.9 Å². The smallest absolute Gasteiger partial charge is 0.330 e. The van der Waals surface area contributed by atoms with Crippen molar-refractivity contribution < 1.29 is 9.26 Å². The van der Waals surface area contributed by atoms with Gasteiger partial charge in [-0.25, -0.2) is 4.79 Å². The molecule has 0 aromatic carbocycles. The highest BCUT2D eigenvalue weighted by molar-refractivity contribution is 8.69. The van der Waals surface area contributed by atoms with Gasteiger partial charge in [0, 0.05) is 29.0 Å². The van der Waals surface area contributed by atoms with Crippen LogP contribution >= 0.6 is 17.0 Å². The van der Waals surface area contributed by atoms with Crippen LogP contribution < -0.4 is 16.3 Å². The van der Waals surface area contributed by atoms with Crippen molar-refractivity contribution in [1.29, 1.82) is 0 Å². The van der Waals surface area contributed by atoms with Crippen molar-refractivity contribution in [1.82, 2.24) is 14.6 Å². The number of nitrogens with one attached hydrogen (secondary N) is 2. The Kier molecular flexibility index (Phi) is 6.49. The second-order valence-electron chi connectivity index (χ2n) is 9.30. The molecule has 2 aliphatic heterocycles. The summed E-state index contributed by atoms with van der Waals surface area (Å²) >= 11 is 7.87. The monoisotopic (exact) mass is 485 g/mol. The number of rotatable bonds is 5. The summed E-state index contributed by atoms with van der Waals surface area (Å²) in [5.41, 5.74) is -1.40. The van der Waals surface area contributed by atoms with E-state index >= 15 is 0 Å². The molecule has 3 heterocycles. The topological polar surface area (TPSA) is 85.4 Å². The van der Waals surface area contributed by atoms with Crippen LogP contribution in [0.1, 0.15) is 64.7 Å². The van der Waals surface area contributed by atoms with E-state index < -0.39 is 17.5 Å². The van der Waals surface area contributed by atoms with Crippen LogP contribution in [-0.4, -0.2) is 32.5 Å². The highest BCUT2D eigenvalue weighted by atomic mass is 32.9. The van der Waals surface area contributed by atoms with Gasteiger partial charge in [0.15, 0.2) is 5.62 Å². The van der Waals surface area contributed by atoms with Crippen molar-refractivity contribution in [2.24, 2.45) is 5.92 Å². The summed E-state index contributed by atoms with van der Waals surface area (Å²) < 4.78 is 14.3. The molecule has 1 aromatic rings. The number of allylic oxidation sites excluding steroid dienone is 1. The average Bonchev–Trinajstić information content (AvgIpc) is 3.20. The molecule has 0 amide bonds. The van der Waals surface area contributed by atoms with E-state index in [4.69, 9.17) is 21.1 Å². The number of aryl methyl sites for hydroxylation is 1. The minimum absolute atomic E-state index is 0.00634. The normalized spacial score (nSPS) is 40.1. The first-order valence-corrected chi connectivity index (χ1v) is 15.1. The fraction of sp³-hybridized carbons (Fsp3) is 0.714. The summed E-state index contributed by atoms with van der Waals surface area (Å²) in [6.45, 7) is 12.3. The van der Waals surface area contributed by atoms with Gasteiger partial charge in [-0.05, 0) is 64.2 Å². The Hall–Kier alpha value is -0.700. The summed E-state index contributed by atoms with van der Waals surface area (Å²) in [4.78, 5) is 26.4. The van der Waals surface area contributed by atoms with Gasteiger partial charge >= 0.3 is 5.69 Å². The molecule has 31 heavy (non-hydrogen) atoms. The van der Waals surface area contributed by atoms with Gasteiger partial charge in [0.05, 0.1) is 12.2 Å². The number of aromatic amines is 1. The fourth-order valence-corrected chi connectivity index (χ4v) is 13.0. The van der Waals surface area contributed by atoms with Crippen molar-refractivity contribution in [3.05, 3.63) is 44.8 Å². The molecule has 7 atom stereocenters. The quantitative estimate of drug-likeness (QED) is 0.482. The molecule has 0 radical (unpaired) electrons. The third-order valence-corrected chi connectivity index (χ3v) is 13.0. The van der Waals surface area contributed by atoms with Crippen molar-refractivity contribution in [3.8, 4) is 0 Å². The fourth-order valence-electron chi connectivity index (χ4n) is 4.89. The van der Waals surface area contributed by atoms with E-state index in [1.807, 2.05) is 11.4 Å². The standard InChI is InChI=1S/C21H32N3O4PS2/c1-6-16-15(10-18(27-16)24-11-13(4)19(25)22-20(24)26)23-29(30)28-17-9-14(12(2)3)7-8-21(17,5)31-29/h11,14-18H,2,6-10H2,1,3-5H3,(H,23,30)(H,22,25,26)/t14-,15-,16+,17+,18+,21+,29?/m0/s1. The average molecular weight is 486 g/mol. The third kappa shape index (κ3) is 4.55. The van der Waals surface area contributed by atoms with E-state index in [0.29, 0.717) is 17.9 Å². The molecule has 1 aliphatic carbocycles. The molecular formula is C21H32N3O4PS2. The minimum Gasteiger partial charge on any atom is -0.353 e. The minimum atomic E-state index is -2.30. The summed E-state index contributed by atoms with van der Waals surface area (Å²) in [6.07, 6.45) is 5.78. The van der Waals surface area contributed by atoms with Gasteiger partial charge < -0.3 is 9.26 Å². The Bertz CT molecular complexity index is 1040. The van der Waals surface area contributed by atoms with Crippen molar-refractivity contribution in [3.63, 3.8) is 0 Å². The van der Waals surface area contributed by atoms with Gasteiger partial charge in [0.25, 0.3) is 5.56 Å². The Balaban J connectivity index is 1.51. The summed E-state index contributed by atoms with van der Waals surface area (Å²) in [6, 6.07) is -0.00634. The molecule has 1 aromatic heterocycles. The zero-order valence-corrected chi connectivity index (χ0v) is 21.1. The third-order valence-electron chi connectivity index (χ3n) is 6.88. The van der Waals surface area contributed by atoms with E-state index in [1.54, 1.807) is 13.1 Å². The van der Waals surface area contributed by atoms with E-state index in [9.17, 15) is 9.59 Å². The number of H-pyrrole nitrogens is 1. The molecule has 172 valence electrons. The first-order chi connectivity index (χ1) is 14.5. The number of nitrogens with zero attached hydrogens (tertiary/aromatic N) is 1. The maximum Gasteiger partial charge on any atom is 0.330 e. The Morgan fingerprint density at radius 2 is 2.23 bits per heavy atom. The molecule has 0 spiro atoms. The van der Waals surface area contributed by atoms with Gasteiger partial charge in [0.1, 0.15) is 6.23 Å². The maximum absolute atomic E-state index is 12.3. The van der Waals surface area contributed by atoms with Crippen LogP contribution in [-0.2, 0) is 21.1 Å². The lowest BCUT2D eigenvalue weighted by molar-refractivity contribution is -0.00500. The Morgan fingerprint density at radius 3 is 2.90 bits per heavy atom. The van der Waals surface area contributed by atoms with Crippen LogP contribution in [0.4, 0.5) is 0 Å². The predicted molar refractivity (Wildman–Crippen MR) is 129 cm³/mol. The molecule has 4 rings (SSSR count). The van der Waals surface area contributed by atoms with Crippen LogP contribution in [0.5, 0.6) is 0 Å². The predicted octanol–water partition coefficient (Wildman–Crippen LogP) is 3.99. The number of ether oxygens (including phenoxy) is 1. The van der Waals surface area contributed by atoms with Gasteiger partial charge in [-0.1, -0.05) is 30.5 Å². The molecule has 10 heteroatoms. The van der Waals surface area contributed by atoms with Crippen LogP contribution in [0.3, 0.4) is 0 Å². The SMILES string of the molecule is C=C(C)[C@H]1CC[C@@]2(C)SP(=S)(N[C@H]3C[C@H](n4cc(C)c(=O)[nH]c4=O)O[C@@H]3CC)O[C@@H]2C1. The zero-order chi connectivity index (χ0) is 22.6. The molecule has 3 fully saturated rings. The molecule has 0 bridgehead atoms. The molecule has 7 nitrogen and oxygen atoms in total.